The molecule has 0 atom stereocenters. The summed E-state index contributed by atoms with van der Waals surface area (Å²) in [5.41, 5.74) is 0.689. The van der Waals surface area contributed by atoms with Crippen LogP contribution in [-0.2, 0) is 11.3 Å². The van der Waals surface area contributed by atoms with Crippen molar-refractivity contribution in [2.45, 2.75) is 6.54 Å². The summed E-state index contributed by atoms with van der Waals surface area (Å²) < 4.78 is 0. The van der Waals surface area contributed by atoms with Crippen molar-refractivity contribution < 1.29 is 14.5 Å². The second-order valence-corrected chi connectivity index (χ2v) is 7.16. The Balaban J connectivity index is 1.88. The van der Waals surface area contributed by atoms with E-state index in [0.29, 0.717) is 15.6 Å². The van der Waals surface area contributed by atoms with Crippen LogP contribution in [-0.4, -0.2) is 21.0 Å². The van der Waals surface area contributed by atoms with Crippen LogP contribution >= 0.6 is 35.0 Å². The molecule has 1 saturated heterocycles. The minimum Gasteiger partial charge on any atom is -0.268 e. The van der Waals surface area contributed by atoms with Gasteiger partial charge in [-0.1, -0.05) is 47.5 Å². The Morgan fingerprint density at radius 2 is 1.88 bits per heavy atom. The lowest BCUT2D eigenvalue weighted by molar-refractivity contribution is -0.385. The number of amides is 2. The molecule has 2 amide bonds. The van der Waals surface area contributed by atoms with E-state index in [0.717, 1.165) is 16.7 Å². The summed E-state index contributed by atoms with van der Waals surface area (Å²) in [4.78, 5) is 36.5. The number of imide groups is 1. The van der Waals surface area contributed by atoms with Gasteiger partial charge < -0.3 is 0 Å². The molecule has 9 heteroatoms. The fourth-order valence-electron chi connectivity index (χ4n) is 2.39. The molecule has 0 radical (unpaired) electrons. The molecule has 1 aliphatic rings. The van der Waals surface area contributed by atoms with E-state index < -0.39 is 16.1 Å². The van der Waals surface area contributed by atoms with Crippen molar-refractivity contribution in [2.24, 2.45) is 0 Å². The molecular weight excluding hydrogens is 399 g/mol. The average molecular weight is 409 g/mol. The highest BCUT2D eigenvalue weighted by Crippen LogP contribution is 2.35. The van der Waals surface area contributed by atoms with Crippen molar-refractivity contribution in [1.82, 2.24) is 4.90 Å². The Labute approximate surface area is 162 Å². The quantitative estimate of drug-likeness (QED) is 0.397. The minimum absolute atomic E-state index is 0.142. The normalized spacial score (nSPS) is 15.8. The lowest BCUT2D eigenvalue weighted by Crippen LogP contribution is -2.27. The highest BCUT2D eigenvalue weighted by molar-refractivity contribution is 8.18. The number of nitro groups is 1. The molecule has 132 valence electrons. The van der Waals surface area contributed by atoms with Gasteiger partial charge in [0.1, 0.15) is 0 Å². The van der Waals surface area contributed by atoms with Crippen molar-refractivity contribution in [3.8, 4) is 0 Å². The van der Waals surface area contributed by atoms with Crippen LogP contribution in [0.4, 0.5) is 10.5 Å². The van der Waals surface area contributed by atoms with E-state index in [2.05, 4.69) is 0 Å². The highest BCUT2D eigenvalue weighted by Gasteiger charge is 2.36. The molecule has 0 bridgehead atoms. The molecule has 2 aromatic rings. The first-order valence-electron chi connectivity index (χ1n) is 7.29. The Bertz CT molecular complexity index is 962. The van der Waals surface area contributed by atoms with Gasteiger partial charge in [-0.25, -0.2) is 0 Å². The van der Waals surface area contributed by atoms with E-state index in [1.807, 2.05) is 0 Å². The van der Waals surface area contributed by atoms with E-state index in [1.165, 1.54) is 30.3 Å². The van der Waals surface area contributed by atoms with Crippen LogP contribution in [0.3, 0.4) is 0 Å². The molecule has 0 saturated carbocycles. The summed E-state index contributed by atoms with van der Waals surface area (Å²) >= 11 is 12.7. The third kappa shape index (κ3) is 3.75. The topological polar surface area (TPSA) is 80.5 Å². The van der Waals surface area contributed by atoms with Gasteiger partial charge in [-0.05, 0) is 35.5 Å². The molecule has 0 N–H and O–H groups in total. The minimum atomic E-state index is -0.544. The third-order valence-electron chi connectivity index (χ3n) is 3.64. The number of hydrogen-bond acceptors (Lipinski definition) is 5. The van der Waals surface area contributed by atoms with Crippen molar-refractivity contribution in [3.63, 3.8) is 0 Å². The molecular formula is C17H10Cl2N2O4S. The predicted octanol–water partition coefficient (Wildman–Crippen LogP) is 5.14. The number of nitro benzene ring substituents is 1. The number of nitrogens with zero attached hydrogens (tertiary/aromatic N) is 2. The number of hydrogen-bond donors (Lipinski definition) is 0. The monoisotopic (exact) mass is 408 g/mol. The number of benzene rings is 2. The number of carbonyl (C=O) groups excluding carboxylic acids is 2. The number of thioether (sulfide) groups is 1. The summed E-state index contributed by atoms with van der Waals surface area (Å²) in [5, 5.41) is 11.4. The molecule has 0 aliphatic carbocycles. The maximum atomic E-state index is 12.6. The lowest BCUT2D eigenvalue weighted by atomic mass is 10.1. The smallest absolute Gasteiger partial charge is 0.268 e. The molecule has 6 nitrogen and oxygen atoms in total. The van der Waals surface area contributed by atoms with Gasteiger partial charge in [0.2, 0.25) is 0 Å². The summed E-state index contributed by atoms with van der Waals surface area (Å²) in [5.74, 6) is -0.524. The molecule has 0 aromatic heterocycles. The molecule has 0 spiro atoms. The molecule has 26 heavy (non-hydrogen) atoms. The fraction of sp³-hybridized carbons (Fsp3) is 0.0588. The van der Waals surface area contributed by atoms with Gasteiger partial charge in [-0.3, -0.25) is 24.6 Å². The third-order valence-corrected chi connectivity index (χ3v) is 5.11. The van der Waals surface area contributed by atoms with Gasteiger partial charge in [0.05, 0.1) is 16.4 Å². The largest absolute Gasteiger partial charge is 0.293 e. The second kappa shape index (κ2) is 7.49. The van der Waals surface area contributed by atoms with Crippen molar-refractivity contribution in [2.75, 3.05) is 0 Å². The molecule has 1 aliphatic heterocycles. The van der Waals surface area contributed by atoms with E-state index in [9.17, 15) is 19.7 Å². The van der Waals surface area contributed by atoms with Crippen molar-refractivity contribution >= 4 is 57.9 Å². The molecule has 1 fully saturated rings. The summed E-state index contributed by atoms with van der Waals surface area (Å²) in [6.07, 6.45) is 1.50. The van der Waals surface area contributed by atoms with Crippen LogP contribution in [0.5, 0.6) is 0 Å². The fourth-order valence-corrected chi connectivity index (χ4v) is 3.68. The predicted molar refractivity (Wildman–Crippen MR) is 101 cm³/mol. The zero-order valence-electron chi connectivity index (χ0n) is 13.0. The Morgan fingerprint density at radius 1 is 1.15 bits per heavy atom. The Hall–Kier alpha value is -2.35. The standard InChI is InChI=1S/C17H10Cl2N2O4S/c18-12-6-5-10(13(19)8-12)7-15-16(22)20(17(23)26-15)9-11-3-1-2-4-14(11)21(24)25/h1-8H,9H2/b15-7-. The Morgan fingerprint density at radius 3 is 2.58 bits per heavy atom. The first kappa shape index (κ1) is 18.4. The van der Waals surface area contributed by atoms with Crippen molar-refractivity contribution in [3.05, 3.63) is 78.7 Å². The maximum absolute atomic E-state index is 12.6. The second-order valence-electron chi connectivity index (χ2n) is 5.32. The van der Waals surface area contributed by atoms with Crippen LogP contribution in [0, 0.1) is 10.1 Å². The van der Waals surface area contributed by atoms with E-state index >= 15 is 0 Å². The zero-order valence-corrected chi connectivity index (χ0v) is 15.3. The van der Waals surface area contributed by atoms with Crippen LogP contribution in [0.2, 0.25) is 10.0 Å². The molecule has 3 rings (SSSR count). The Kier molecular flexibility index (Phi) is 5.31. The van der Waals surface area contributed by atoms with Gasteiger partial charge >= 0.3 is 0 Å². The number of para-hydroxylation sites is 1. The van der Waals surface area contributed by atoms with Gasteiger partial charge in [0, 0.05) is 21.7 Å². The molecule has 1 heterocycles. The first-order chi connectivity index (χ1) is 12.4. The summed E-state index contributed by atoms with van der Waals surface area (Å²) in [6.45, 7) is -0.173. The first-order valence-corrected chi connectivity index (χ1v) is 8.87. The lowest BCUT2D eigenvalue weighted by Gasteiger charge is -2.12. The number of rotatable bonds is 4. The summed E-state index contributed by atoms with van der Waals surface area (Å²) in [7, 11) is 0. The highest BCUT2D eigenvalue weighted by atomic mass is 35.5. The van der Waals surface area contributed by atoms with Crippen LogP contribution in [0.15, 0.2) is 47.4 Å². The van der Waals surface area contributed by atoms with Crippen molar-refractivity contribution in [1.29, 1.82) is 0 Å². The number of halogens is 2. The van der Waals surface area contributed by atoms with E-state index in [-0.39, 0.29) is 22.7 Å². The van der Waals surface area contributed by atoms with Crippen LogP contribution < -0.4 is 0 Å². The maximum Gasteiger partial charge on any atom is 0.293 e. The molecule has 2 aromatic carbocycles. The van der Waals surface area contributed by atoms with Gasteiger partial charge in [-0.2, -0.15) is 0 Å². The molecule has 0 unspecified atom stereocenters. The number of carbonyl (C=O) groups is 2. The van der Waals surface area contributed by atoms with Gasteiger partial charge in [0.25, 0.3) is 16.8 Å². The summed E-state index contributed by atoms with van der Waals surface area (Å²) in [6, 6.07) is 10.8. The van der Waals surface area contributed by atoms with E-state index in [4.69, 9.17) is 23.2 Å². The van der Waals surface area contributed by atoms with Crippen LogP contribution in [0.1, 0.15) is 11.1 Å². The van der Waals surface area contributed by atoms with E-state index in [1.54, 1.807) is 18.2 Å². The van der Waals surface area contributed by atoms with Crippen LogP contribution in [0.25, 0.3) is 6.08 Å². The average Bonchev–Trinajstić information content (AvgIpc) is 2.85. The SMILES string of the molecule is O=C1S/C(=C\c2ccc(Cl)cc2Cl)C(=O)N1Cc1ccccc1[N+](=O)[O-]. The zero-order chi connectivity index (χ0) is 18.8. The van der Waals surface area contributed by atoms with Gasteiger partial charge in [-0.15, -0.1) is 0 Å². The van der Waals surface area contributed by atoms with Gasteiger partial charge in [0.15, 0.2) is 0 Å².